The third-order valence-corrected chi connectivity index (χ3v) is 1.91. The topological polar surface area (TPSA) is 72.5 Å². The third-order valence-electron chi connectivity index (χ3n) is 1.91. The van der Waals surface area contributed by atoms with Gasteiger partial charge in [-0.15, -0.1) is 0 Å². The molecule has 1 aromatic carbocycles. The predicted octanol–water partition coefficient (Wildman–Crippen LogP) is 1.50. The Morgan fingerprint density at radius 1 is 1.47 bits per heavy atom. The number of aliphatic carboxylic acids is 1. The Kier molecular flexibility index (Phi) is 3.95. The number of ether oxygens (including phenoxy) is 1. The summed E-state index contributed by atoms with van der Waals surface area (Å²) in [6.45, 7) is -0.392. The minimum absolute atomic E-state index is 0.0727. The van der Waals surface area contributed by atoms with Crippen LogP contribution in [-0.4, -0.2) is 23.7 Å². The van der Waals surface area contributed by atoms with Gasteiger partial charge >= 0.3 is 12.1 Å². The molecule has 7 heteroatoms. The molecule has 0 aliphatic rings. The van der Waals surface area contributed by atoms with E-state index in [1.54, 1.807) is 0 Å². The van der Waals surface area contributed by atoms with Crippen LogP contribution in [0, 0.1) is 0 Å². The van der Waals surface area contributed by atoms with E-state index in [4.69, 9.17) is 15.6 Å². The Balaban J connectivity index is 2.70. The Hall–Kier alpha value is -1.76. The maximum absolute atomic E-state index is 12.3. The summed E-state index contributed by atoms with van der Waals surface area (Å²) in [6.07, 6.45) is -4.46. The van der Waals surface area contributed by atoms with Gasteiger partial charge in [-0.1, -0.05) is 6.07 Å². The summed E-state index contributed by atoms with van der Waals surface area (Å²) in [5.74, 6) is -1.35. The minimum atomic E-state index is -4.46. The maximum Gasteiger partial charge on any atom is 0.416 e. The van der Waals surface area contributed by atoms with Gasteiger partial charge < -0.3 is 15.6 Å². The lowest BCUT2D eigenvalue weighted by Crippen LogP contribution is -2.36. The number of carboxylic acid groups (broad SMARTS) is 1. The standard InChI is InChI=1S/C10H10F3NO3/c11-10(12,13)6-2-1-3-7(4-6)17-5-8(14)9(15)16/h1-4,8H,5,14H2,(H,15,16). The summed E-state index contributed by atoms with van der Waals surface area (Å²) in [7, 11) is 0. The van der Waals surface area contributed by atoms with Crippen molar-refractivity contribution in [3.63, 3.8) is 0 Å². The van der Waals surface area contributed by atoms with Crippen molar-refractivity contribution in [1.29, 1.82) is 0 Å². The van der Waals surface area contributed by atoms with Gasteiger partial charge in [0.25, 0.3) is 0 Å². The lowest BCUT2D eigenvalue weighted by atomic mass is 10.2. The van der Waals surface area contributed by atoms with Crippen LogP contribution in [0.1, 0.15) is 5.56 Å². The first kappa shape index (κ1) is 13.3. The zero-order valence-corrected chi connectivity index (χ0v) is 8.57. The molecule has 1 aromatic rings. The Morgan fingerprint density at radius 3 is 2.65 bits per heavy atom. The van der Waals surface area contributed by atoms with Gasteiger partial charge in [0.1, 0.15) is 18.4 Å². The van der Waals surface area contributed by atoms with Crippen molar-refractivity contribution >= 4 is 5.97 Å². The van der Waals surface area contributed by atoms with E-state index < -0.39 is 30.4 Å². The Bertz CT molecular complexity index is 406. The van der Waals surface area contributed by atoms with E-state index in [1.165, 1.54) is 12.1 Å². The Labute approximate surface area is 94.8 Å². The molecule has 0 spiro atoms. The normalized spacial score (nSPS) is 13.2. The third kappa shape index (κ3) is 3.95. The smallest absolute Gasteiger partial charge is 0.416 e. The lowest BCUT2D eigenvalue weighted by molar-refractivity contribution is -0.140. The summed E-state index contributed by atoms with van der Waals surface area (Å²) in [5.41, 5.74) is 4.28. The number of alkyl halides is 3. The summed E-state index contributed by atoms with van der Waals surface area (Å²) < 4.78 is 41.8. The predicted molar refractivity (Wildman–Crippen MR) is 52.6 cm³/mol. The maximum atomic E-state index is 12.3. The number of benzene rings is 1. The molecule has 0 heterocycles. The molecule has 94 valence electrons. The lowest BCUT2D eigenvalue weighted by Gasteiger charge is -2.11. The molecule has 0 saturated heterocycles. The van der Waals surface area contributed by atoms with Crippen molar-refractivity contribution in [2.24, 2.45) is 5.73 Å². The van der Waals surface area contributed by atoms with Gasteiger partial charge in [0.15, 0.2) is 0 Å². The van der Waals surface area contributed by atoms with Gasteiger partial charge in [-0.25, -0.2) is 0 Å². The number of hydrogen-bond donors (Lipinski definition) is 2. The molecule has 17 heavy (non-hydrogen) atoms. The van der Waals surface area contributed by atoms with Crippen molar-refractivity contribution in [2.75, 3.05) is 6.61 Å². The van der Waals surface area contributed by atoms with E-state index in [0.717, 1.165) is 12.1 Å². The van der Waals surface area contributed by atoms with Crippen molar-refractivity contribution in [1.82, 2.24) is 0 Å². The number of hydrogen-bond acceptors (Lipinski definition) is 3. The largest absolute Gasteiger partial charge is 0.491 e. The summed E-state index contributed by atoms with van der Waals surface area (Å²) in [5, 5.41) is 8.46. The fourth-order valence-corrected chi connectivity index (χ4v) is 1.02. The second kappa shape index (κ2) is 5.05. The van der Waals surface area contributed by atoms with Gasteiger partial charge in [0.2, 0.25) is 0 Å². The molecule has 0 bridgehead atoms. The van der Waals surface area contributed by atoms with Crippen LogP contribution in [0.4, 0.5) is 13.2 Å². The van der Waals surface area contributed by atoms with Gasteiger partial charge in [-0.2, -0.15) is 13.2 Å². The van der Waals surface area contributed by atoms with Crippen molar-refractivity contribution < 1.29 is 27.8 Å². The molecule has 0 aromatic heterocycles. The van der Waals surface area contributed by atoms with Gasteiger partial charge in [-0.05, 0) is 18.2 Å². The highest BCUT2D eigenvalue weighted by Crippen LogP contribution is 2.31. The molecule has 1 rings (SSSR count). The summed E-state index contributed by atoms with van der Waals surface area (Å²) >= 11 is 0. The molecule has 1 atom stereocenters. The average molecular weight is 249 g/mol. The number of carboxylic acids is 1. The fraction of sp³-hybridized carbons (Fsp3) is 0.300. The van der Waals surface area contributed by atoms with Gasteiger partial charge in [0, 0.05) is 0 Å². The SMILES string of the molecule is NC(COc1cccc(C(F)(F)F)c1)C(=O)O. The van der Waals surface area contributed by atoms with Crippen LogP contribution in [-0.2, 0) is 11.0 Å². The van der Waals surface area contributed by atoms with Gasteiger partial charge in [0.05, 0.1) is 5.56 Å². The number of rotatable bonds is 4. The van der Waals surface area contributed by atoms with E-state index >= 15 is 0 Å². The molecule has 0 aliphatic carbocycles. The summed E-state index contributed by atoms with van der Waals surface area (Å²) in [4.78, 5) is 10.4. The molecular weight excluding hydrogens is 239 g/mol. The van der Waals surface area contributed by atoms with E-state index in [1.807, 2.05) is 0 Å². The minimum Gasteiger partial charge on any atom is -0.491 e. The van der Waals surface area contributed by atoms with Gasteiger partial charge in [-0.3, -0.25) is 4.79 Å². The molecule has 1 unspecified atom stereocenters. The highest BCUT2D eigenvalue weighted by atomic mass is 19.4. The summed E-state index contributed by atoms with van der Waals surface area (Å²) in [6, 6.07) is 2.87. The van der Waals surface area contributed by atoms with Crippen molar-refractivity contribution in [2.45, 2.75) is 12.2 Å². The molecule has 0 saturated carbocycles. The van der Waals surface area contributed by atoms with Crippen LogP contribution in [0.5, 0.6) is 5.75 Å². The van der Waals surface area contributed by atoms with E-state index in [-0.39, 0.29) is 5.75 Å². The van der Waals surface area contributed by atoms with Crippen molar-refractivity contribution in [3.05, 3.63) is 29.8 Å². The second-order valence-electron chi connectivity index (χ2n) is 3.28. The van der Waals surface area contributed by atoms with Crippen LogP contribution >= 0.6 is 0 Å². The highest BCUT2D eigenvalue weighted by molar-refractivity contribution is 5.73. The van der Waals surface area contributed by atoms with E-state index in [2.05, 4.69) is 0 Å². The molecule has 0 aliphatic heterocycles. The molecule has 4 nitrogen and oxygen atoms in total. The quantitative estimate of drug-likeness (QED) is 0.848. The van der Waals surface area contributed by atoms with Crippen LogP contribution < -0.4 is 10.5 Å². The van der Waals surface area contributed by atoms with Crippen LogP contribution in [0.25, 0.3) is 0 Å². The van der Waals surface area contributed by atoms with Crippen LogP contribution in [0.15, 0.2) is 24.3 Å². The molecule has 0 radical (unpaired) electrons. The highest BCUT2D eigenvalue weighted by Gasteiger charge is 2.30. The zero-order chi connectivity index (χ0) is 13.1. The van der Waals surface area contributed by atoms with E-state index in [0.29, 0.717) is 0 Å². The number of nitrogens with two attached hydrogens (primary N) is 1. The van der Waals surface area contributed by atoms with Crippen LogP contribution in [0.3, 0.4) is 0 Å². The number of halogens is 3. The molecular formula is C10H10F3NO3. The first-order valence-electron chi connectivity index (χ1n) is 4.59. The fourth-order valence-electron chi connectivity index (χ4n) is 1.02. The second-order valence-corrected chi connectivity index (χ2v) is 3.28. The monoisotopic (exact) mass is 249 g/mol. The molecule has 3 N–H and O–H groups in total. The first-order chi connectivity index (χ1) is 7.80. The van der Waals surface area contributed by atoms with E-state index in [9.17, 15) is 18.0 Å². The first-order valence-corrected chi connectivity index (χ1v) is 4.59. The molecule has 0 fully saturated rings. The Morgan fingerprint density at radius 2 is 2.12 bits per heavy atom. The zero-order valence-electron chi connectivity index (χ0n) is 8.57. The van der Waals surface area contributed by atoms with Crippen molar-refractivity contribution in [3.8, 4) is 5.75 Å². The number of carbonyl (C=O) groups is 1. The average Bonchev–Trinajstić information content (AvgIpc) is 2.25. The van der Waals surface area contributed by atoms with Crippen LogP contribution in [0.2, 0.25) is 0 Å². The molecule has 0 amide bonds.